The van der Waals surface area contributed by atoms with E-state index < -0.39 is 0 Å². The zero-order valence-corrected chi connectivity index (χ0v) is 14.3. The molecule has 0 atom stereocenters. The van der Waals surface area contributed by atoms with Crippen molar-refractivity contribution in [1.82, 2.24) is 10.2 Å². The standard InChI is InChI=1S/C19H30N2O/c1-15(2)7-10-20-19(22)18-8-11-21(12-9-18)14-17-6-4-5-16(3)13-17/h4-6,13,15,18H,7-12,14H2,1-3H3,(H,20,22). The first-order valence-corrected chi connectivity index (χ1v) is 8.60. The molecule has 1 aromatic carbocycles. The van der Waals surface area contributed by atoms with Crippen LogP contribution in [0.2, 0.25) is 0 Å². The molecule has 1 aliphatic heterocycles. The maximum Gasteiger partial charge on any atom is 0.223 e. The van der Waals surface area contributed by atoms with Gasteiger partial charge < -0.3 is 5.32 Å². The van der Waals surface area contributed by atoms with Crippen LogP contribution in [-0.4, -0.2) is 30.4 Å². The number of nitrogens with one attached hydrogen (secondary N) is 1. The molecule has 3 nitrogen and oxygen atoms in total. The topological polar surface area (TPSA) is 32.3 Å². The number of nitrogens with zero attached hydrogens (tertiary/aromatic N) is 1. The Balaban J connectivity index is 1.72. The summed E-state index contributed by atoms with van der Waals surface area (Å²) in [5.74, 6) is 1.12. The second-order valence-electron chi connectivity index (χ2n) is 7.01. The Morgan fingerprint density at radius 2 is 2.05 bits per heavy atom. The summed E-state index contributed by atoms with van der Waals surface area (Å²) >= 11 is 0. The molecule has 2 rings (SSSR count). The van der Waals surface area contributed by atoms with E-state index in [2.05, 4.69) is 55.3 Å². The van der Waals surface area contributed by atoms with Crippen LogP contribution in [0.5, 0.6) is 0 Å². The molecule has 0 aliphatic carbocycles. The van der Waals surface area contributed by atoms with Crippen molar-refractivity contribution in [1.29, 1.82) is 0 Å². The van der Waals surface area contributed by atoms with E-state index in [1.807, 2.05) is 0 Å². The predicted octanol–water partition coefficient (Wildman–Crippen LogP) is 3.37. The quantitative estimate of drug-likeness (QED) is 0.874. The van der Waals surface area contributed by atoms with Gasteiger partial charge in [-0.15, -0.1) is 0 Å². The van der Waals surface area contributed by atoms with Gasteiger partial charge in [-0.3, -0.25) is 9.69 Å². The van der Waals surface area contributed by atoms with E-state index in [0.29, 0.717) is 5.92 Å². The maximum atomic E-state index is 12.2. The summed E-state index contributed by atoms with van der Waals surface area (Å²) in [4.78, 5) is 14.6. The highest BCUT2D eigenvalue weighted by molar-refractivity contribution is 5.78. The summed E-state index contributed by atoms with van der Waals surface area (Å²) in [6.45, 7) is 10.4. The van der Waals surface area contributed by atoms with Gasteiger partial charge in [-0.25, -0.2) is 0 Å². The fourth-order valence-electron chi connectivity index (χ4n) is 3.05. The zero-order valence-electron chi connectivity index (χ0n) is 14.3. The molecule has 1 saturated heterocycles. The minimum atomic E-state index is 0.209. The summed E-state index contributed by atoms with van der Waals surface area (Å²) in [6.07, 6.45) is 3.04. The third-order valence-corrected chi connectivity index (χ3v) is 4.47. The van der Waals surface area contributed by atoms with Gasteiger partial charge in [0.1, 0.15) is 0 Å². The predicted molar refractivity (Wildman–Crippen MR) is 91.6 cm³/mol. The number of rotatable bonds is 6. The molecular weight excluding hydrogens is 272 g/mol. The first-order chi connectivity index (χ1) is 10.5. The highest BCUT2D eigenvalue weighted by Crippen LogP contribution is 2.19. The molecule has 122 valence electrons. The van der Waals surface area contributed by atoms with E-state index in [4.69, 9.17) is 0 Å². The summed E-state index contributed by atoms with van der Waals surface area (Å²) < 4.78 is 0. The van der Waals surface area contributed by atoms with Crippen molar-refractivity contribution in [3.63, 3.8) is 0 Å². The number of aryl methyl sites for hydroxylation is 1. The van der Waals surface area contributed by atoms with Gasteiger partial charge in [0.2, 0.25) is 5.91 Å². The SMILES string of the molecule is Cc1cccc(CN2CCC(C(=O)NCCC(C)C)CC2)c1. The highest BCUT2D eigenvalue weighted by Gasteiger charge is 2.24. The van der Waals surface area contributed by atoms with Crippen LogP contribution in [0, 0.1) is 18.8 Å². The van der Waals surface area contributed by atoms with Crippen LogP contribution in [0.1, 0.15) is 44.2 Å². The van der Waals surface area contributed by atoms with E-state index in [9.17, 15) is 4.79 Å². The third kappa shape index (κ3) is 5.45. The number of amides is 1. The van der Waals surface area contributed by atoms with Gasteiger partial charge in [-0.05, 0) is 50.8 Å². The van der Waals surface area contributed by atoms with Crippen LogP contribution in [-0.2, 0) is 11.3 Å². The molecule has 22 heavy (non-hydrogen) atoms. The largest absolute Gasteiger partial charge is 0.356 e. The average molecular weight is 302 g/mol. The molecule has 0 saturated carbocycles. The van der Waals surface area contributed by atoms with Crippen LogP contribution < -0.4 is 5.32 Å². The number of carbonyl (C=O) groups is 1. The fourth-order valence-corrected chi connectivity index (χ4v) is 3.05. The minimum absolute atomic E-state index is 0.209. The van der Waals surface area contributed by atoms with Gasteiger partial charge in [0, 0.05) is 19.0 Å². The molecule has 0 bridgehead atoms. The summed E-state index contributed by atoms with van der Waals surface area (Å²) in [6, 6.07) is 8.71. The molecule has 0 unspecified atom stereocenters. The summed E-state index contributed by atoms with van der Waals surface area (Å²) in [5, 5.41) is 3.10. The number of piperidine rings is 1. The van der Waals surface area contributed by atoms with Crippen molar-refractivity contribution < 1.29 is 4.79 Å². The maximum absolute atomic E-state index is 12.2. The first kappa shape index (κ1) is 17.0. The summed E-state index contributed by atoms with van der Waals surface area (Å²) in [5.41, 5.74) is 2.69. The molecule has 1 amide bonds. The second-order valence-corrected chi connectivity index (χ2v) is 7.01. The van der Waals surface area contributed by atoms with Crippen LogP contribution in [0.15, 0.2) is 24.3 Å². The Bertz CT molecular complexity index is 476. The van der Waals surface area contributed by atoms with Crippen molar-refractivity contribution in [2.45, 2.75) is 46.6 Å². The Morgan fingerprint density at radius 1 is 1.32 bits per heavy atom. The van der Waals surface area contributed by atoms with Crippen LogP contribution in [0.4, 0.5) is 0 Å². The van der Waals surface area contributed by atoms with E-state index in [-0.39, 0.29) is 11.8 Å². The Labute approximate surface area is 135 Å². The van der Waals surface area contributed by atoms with Crippen molar-refractivity contribution in [2.75, 3.05) is 19.6 Å². The van der Waals surface area contributed by atoms with E-state index in [0.717, 1.165) is 45.4 Å². The normalized spacial score (nSPS) is 16.9. The average Bonchev–Trinajstić information content (AvgIpc) is 2.47. The lowest BCUT2D eigenvalue weighted by Crippen LogP contribution is -2.40. The smallest absolute Gasteiger partial charge is 0.223 e. The molecule has 0 aromatic heterocycles. The molecule has 1 aromatic rings. The highest BCUT2D eigenvalue weighted by atomic mass is 16.1. The monoisotopic (exact) mass is 302 g/mol. The lowest BCUT2D eigenvalue weighted by Gasteiger charge is -2.31. The minimum Gasteiger partial charge on any atom is -0.356 e. The van der Waals surface area contributed by atoms with Gasteiger partial charge in [-0.1, -0.05) is 43.7 Å². The van der Waals surface area contributed by atoms with Gasteiger partial charge in [0.15, 0.2) is 0 Å². The molecule has 3 heteroatoms. The van der Waals surface area contributed by atoms with E-state index >= 15 is 0 Å². The molecular formula is C19H30N2O. The number of hydrogen-bond donors (Lipinski definition) is 1. The molecule has 1 aliphatic rings. The van der Waals surface area contributed by atoms with Crippen LogP contribution >= 0.6 is 0 Å². The van der Waals surface area contributed by atoms with E-state index in [1.54, 1.807) is 0 Å². The lowest BCUT2D eigenvalue weighted by atomic mass is 9.95. The van der Waals surface area contributed by atoms with Crippen molar-refractivity contribution in [2.24, 2.45) is 11.8 Å². The first-order valence-electron chi connectivity index (χ1n) is 8.60. The van der Waals surface area contributed by atoms with Gasteiger partial charge in [0.25, 0.3) is 0 Å². The van der Waals surface area contributed by atoms with Gasteiger partial charge in [-0.2, -0.15) is 0 Å². The summed E-state index contributed by atoms with van der Waals surface area (Å²) in [7, 11) is 0. The van der Waals surface area contributed by atoms with Crippen molar-refractivity contribution in [3.8, 4) is 0 Å². The van der Waals surface area contributed by atoms with Crippen LogP contribution in [0.25, 0.3) is 0 Å². The van der Waals surface area contributed by atoms with Crippen molar-refractivity contribution in [3.05, 3.63) is 35.4 Å². The molecule has 0 radical (unpaired) electrons. The Morgan fingerprint density at radius 3 is 2.68 bits per heavy atom. The van der Waals surface area contributed by atoms with Crippen LogP contribution in [0.3, 0.4) is 0 Å². The number of hydrogen-bond acceptors (Lipinski definition) is 2. The zero-order chi connectivity index (χ0) is 15.9. The second kappa shape index (κ2) is 8.33. The van der Waals surface area contributed by atoms with E-state index in [1.165, 1.54) is 11.1 Å². The van der Waals surface area contributed by atoms with Gasteiger partial charge >= 0.3 is 0 Å². The van der Waals surface area contributed by atoms with Crippen molar-refractivity contribution >= 4 is 5.91 Å². The lowest BCUT2D eigenvalue weighted by molar-refractivity contribution is -0.126. The molecule has 1 heterocycles. The number of benzene rings is 1. The molecule has 1 N–H and O–H groups in total. The Kier molecular flexibility index (Phi) is 6.44. The number of carbonyl (C=O) groups excluding carboxylic acids is 1. The number of likely N-dealkylation sites (tertiary alicyclic amines) is 1. The van der Waals surface area contributed by atoms with Gasteiger partial charge in [0.05, 0.1) is 0 Å². The molecule has 0 spiro atoms. The fraction of sp³-hybridized carbons (Fsp3) is 0.632. The molecule has 1 fully saturated rings. The third-order valence-electron chi connectivity index (χ3n) is 4.47. The Hall–Kier alpha value is -1.35.